The van der Waals surface area contributed by atoms with Gasteiger partial charge in [-0.25, -0.2) is 17.2 Å². The van der Waals surface area contributed by atoms with Crippen LogP contribution in [0.3, 0.4) is 0 Å². The molecular formula is C12H14F2N2O3S. The first-order valence-electron chi connectivity index (χ1n) is 6.22. The zero-order valence-corrected chi connectivity index (χ0v) is 11.3. The third-order valence-electron chi connectivity index (χ3n) is 3.95. The van der Waals surface area contributed by atoms with Gasteiger partial charge in [-0.2, -0.15) is 4.31 Å². The molecule has 0 aromatic heterocycles. The molecule has 0 spiro atoms. The highest BCUT2D eigenvalue weighted by molar-refractivity contribution is 7.89. The average molecular weight is 304 g/mol. The van der Waals surface area contributed by atoms with Crippen LogP contribution < -0.4 is 5.73 Å². The molecule has 5 nitrogen and oxygen atoms in total. The molecule has 3 N–H and O–H groups in total. The van der Waals surface area contributed by atoms with Gasteiger partial charge < -0.3 is 10.8 Å². The van der Waals surface area contributed by atoms with Gasteiger partial charge in [0.1, 0.15) is 16.4 Å². The zero-order valence-electron chi connectivity index (χ0n) is 10.5. The number of sulfonamides is 1. The Morgan fingerprint density at radius 1 is 1.30 bits per heavy atom. The lowest BCUT2D eigenvalue weighted by Crippen LogP contribution is -2.64. The predicted molar refractivity (Wildman–Crippen MR) is 67.2 cm³/mol. The number of nitrogens with two attached hydrogens (primary N) is 1. The number of nitrogens with zero attached hydrogens (tertiary/aromatic N) is 1. The number of benzene rings is 1. The van der Waals surface area contributed by atoms with Crippen LogP contribution in [0, 0.1) is 17.6 Å². The van der Waals surface area contributed by atoms with Crippen molar-refractivity contribution in [1.82, 2.24) is 4.31 Å². The fourth-order valence-electron chi connectivity index (χ4n) is 2.50. The summed E-state index contributed by atoms with van der Waals surface area (Å²) in [6.45, 7) is -0.118. The van der Waals surface area contributed by atoms with Crippen molar-refractivity contribution in [1.29, 1.82) is 0 Å². The van der Waals surface area contributed by atoms with Gasteiger partial charge >= 0.3 is 0 Å². The molecule has 1 saturated carbocycles. The molecule has 3 rings (SSSR count). The SMILES string of the molecule is Nc1c(F)ccc(S(=O)(=O)N2CC(O)(C3CC3)C2)c1F. The summed E-state index contributed by atoms with van der Waals surface area (Å²) < 4.78 is 52.3. The van der Waals surface area contributed by atoms with Gasteiger partial charge in [-0.15, -0.1) is 0 Å². The van der Waals surface area contributed by atoms with E-state index in [0.717, 1.165) is 29.3 Å². The van der Waals surface area contributed by atoms with E-state index in [0.29, 0.717) is 0 Å². The zero-order chi connectivity index (χ0) is 14.7. The summed E-state index contributed by atoms with van der Waals surface area (Å²) in [6, 6.07) is 1.67. The first kappa shape index (κ1) is 13.7. The number of β-amino-alcohol motifs (C(OH)–C–C–N with tert-alkyl or cyclic N) is 1. The Hall–Kier alpha value is -1.25. The van der Waals surface area contributed by atoms with Crippen LogP contribution in [0.5, 0.6) is 0 Å². The van der Waals surface area contributed by atoms with E-state index in [1.165, 1.54) is 0 Å². The highest BCUT2D eigenvalue weighted by atomic mass is 32.2. The molecule has 0 atom stereocenters. The number of rotatable bonds is 3. The van der Waals surface area contributed by atoms with Crippen LogP contribution in [-0.2, 0) is 10.0 Å². The van der Waals surface area contributed by atoms with Crippen LogP contribution in [0.1, 0.15) is 12.8 Å². The Kier molecular flexibility index (Phi) is 2.83. The first-order chi connectivity index (χ1) is 9.25. The van der Waals surface area contributed by atoms with E-state index in [1.807, 2.05) is 0 Å². The molecule has 2 aliphatic rings. The fraction of sp³-hybridized carbons (Fsp3) is 0.500. The molecule has 110 valence electrons. The van der Waals surface area contributed by atoms with Gasteiger partial charge in [0.05, 0.1) is 5.60 Å². The molecule has 1 aliphatic heterocycles. The Labute approximate surface area is 115 Å². The number of aliphatic hydroxyl groups is 1. The molecule has 8 heteroatoms. The number of hydrogen-bond donors (Lipinski definition) is 2. The third-order valence-corrected chi connectivity index (χ3v) is 5.76. The highest BCUT2D eigenvalue weighted by Gasteiger charge is 2.55. The van der Waals surface area contributed by atoms with Crippen LogP contribution in [-0.4, -0.2) is 36.5 Å². The Morgan fingerprint density at radius 3 is 2.45 bits per heavy atom. The summed E-state index contributed by atoms with van der Waals surface area (Å²) in [7, 11) is -4.10. The minimum absolute atomic E-state index is 0.0588. The van der Waals surface area contributed by atoms with Crippen molar-refractivity contribution in [2.75, 3.05) is 18.8 Å². The molecule has 1 aliphatic carbocycles. The minimum atomic E-state index is -4.10. The second kappa shape index (κ2) is 4.12. The summed E-state index contributed by atoms with van der Waals surface area (Å²) >= 11 is 0. The van der Waals surface area contributed by atoms with E-state index < -0.39 is 37.8 Å². The fourth-order valence-corrected chi connectivity index (χ4v) is 4.14. The summed E-state index contributed by atoms with van der Waals surface area (Å²) in [6.07, 6.45) is 1.75. The van der Waals surface area contributed by atoms with Gasteiger partial charge in [0.25, 0.3) is 0 Å². The van der Waals surface area contributed by atoms with Gasteiger partial charge in [-0.3, -0.25) is 0 Å². The number of halogens is 2. The average Bonchev–Trinajstić information content (AvgIpc) is 3.16. The minimum Gasteiger partial charge on any atom is -0.394 e. The number of nitrogen functional groups attached to an aromatic ring is 1. The van der Waals surface area contributed by atoms with Crippen molar-refractivity contribution in [3.05, 3.63) is 23.8 Å². The van der Waals surface area contributed by atoms with Crippen LogP contribution in [0.2, 0.25) is 0 Å². The number of hydrogen-bond acceptors (Lipinski definition) is 4. The van der Waals surface area contributed by atoms with Gasteiger partial charge in [-0.05, 0) is 30.9 Å². The lowest BCUT2D eigenvalue weighted by atomic mass is 9.91. The molecule has 1 aromatic rings. The molecule has 1 aromatic carbocycles. The first-order valence-corrected chi connectivity index (χ1v) is 7.66. The molecule has 1 saturated heterocycles. The Balaban J connectivity index is 1.88. The monoisotopic (exact) mass is 304 g/mol. The van der Waals surface area contributed by atoms with Gasteiger partial charge in [0.15, 0.2) is 5.82 Å². The van der Waals surface area contributed by atoms with Gasteiger partial charge in [0.2, 0.25) is 10.0 Å². The standard InChI is InChI=1S/C12H14F2N2O3S/c13-8-3-4-9(10(14)11(8)15)20(18,19)16-5-12(17,6-16)7-1-2-7/h3-4,7,17H,1-2,5-6,15H2. The predicted octanol–water partition coefficient (Wildman–Crippen LogP) is 0.692. The molecule has 0 unspecified atom stereocenters. The lowest BCUT2D eigenvalue weighted by Gasteiger charge is -2.45. The topological polar surface area (TPSA) is 83.6 Å². The largest absolute Gasteiger partial charge is 0.394 e. The maximum Gasteiger partial charge on any atom is 0.246 e. The van der Waals surface area contributed by atoms with E-state index in [2.05, 4.69) is 0 Å². The quantitative estimate of drug-likeness (QED) is 0.805. The van der Waals surface area contributed by atoms with Crippen molar-refractivity contribution < 1.29 is 22.3 Å². The van der Waals surface area contributed by atoms with Crippen LogP contribution in [0.25, 0.3) is 0 Å². The van der Waals surface area contributed by atoms with Crippen molar-refractivity contribution in [2.24, 2.45) is 5.92 Å². The third kappa shape index (κ3) is 1.90. The van der Waals surface area contributed by atoms with E-state index in [4.69, 9.17) is 5.73 Å². The van der Waals surface area contributed by atoms with Crippen LogP contribution in [0.15, 0.2) is 17.0 Å². The summed E-state index contributed by atoms with van der Waals surface area (Å²) in [5.74, 6) is -2.16. The van der Waals surface area contributed by atoms with E-state index in [1.54, 1.807) is 0 Å². The summed E-state index contributed by atoms with van der Waals surface area (Å²) in [5.41, 5.74) is 3.35. The normalized spacial score (nSPS) is 22.6. The maximum atomic E-state index is 13.8. The molecule has 20 heavy (non-hydrogen) atoms. The van der Waals surface area contributed by atoms with Crippen molar-refractivity contribution >= 4 is 15.7 Å². The van der Waals surface area contributed by atoms with Gasteiger partial charge in [0, 0.05) is 13.1 Å². The van der Waals surface area contributed by atoms with Crippen molar-refractivity contribution in [3.8, 4) is 0 Å². The van der Waals surface area contributed by atoms with E-state index >= 15 is 0 Å². The van der Waals surface area contributed by atoms with Gasteiger partial charge in [-0.1, -0.05) is 0 Å². The summed E-state index contributed by atoms with van der Waals surface area (Å²) in [5, 5.41) is 10.1. The van der Waals surface area contributed by atoms with Crippen molar-refractivity contribution in [2.45, 2.75) is 23.3 Å². The van der Waals surface area contributed by atoms with Crippen LogP contribution in [0.4, 0.5) is 14.5 Å². The lowest BCUT2D eigenvalue weighted by molar-refractivity contribution is -0.0765. The van der Waals surface area contributed by atoms with E-state index in [9.17, 15) is 22.3 Å². The maximum absolute atomic E-state index is 13.8. The molecule has 0 radical (unpaired) electrons. The molecular weight excluding hydrogens is 290 g/mol. The molecule has 0 amide bonds. The van der Waals surface area contributed by atoms with E-state index in [-0.39, 0.29) is 19.0 Å². The Morgan fingerprint density at radius 2 is 1.90 bits per heavy atom. The van der Waals surface area contributed by atoms with Crippen LogP contribution >= 0.6 is 0 Å². The second-order valence-corrected chi connectivity index (χ2v) is 7.33. The highest BCUT2D eigenvalue weighted by Crippen LogP contribution is 2.46. The van der Waals surface area contributed by atoms with Crippen molar-refractivity contribution in [3.63, 3.8) is 0 Å². The Bertz CT molecular complexity index is 668. The smallest absolute Gasteiger partial charge is 0.246 e. The molecule has 0 bridgehead atoms. The number of anilines is 1. The second-order valence-electron chi connectivity index (χ2n) is 5.42. The molecule has 2 fully saturated rings. The summed E-state index contributed by atoms with van der Waals surface area (Å²) in [4.78, 5) is -0.658. The molecule has 1 heterocycles.